The van der Waals surface area contributed by atoms with E-state index in [2.05, 4.69) is 35.8 Å². The van der Waals surface area contributed by atoms with E-state index in [4.69, 9.17) is 20.0 Å². The van der Waals surface area contributed by atoms with Crippen LogP contribution in [0.5, 0.6) is 0 Å². The van der Waals surface area contributed by atoms with E-state index >= 15 is 0 Å². The highest BCUT2D eigenvalue weighted by molar-refractivity contribution is 5.31. The Hall–Kier alpha value is -3.54. The predicted molar refractivity (Wildman–Crippen MR) is 108 cm³/mol. The van der Waals surface area contributed by atoms with Gasteiger partial charge < -0.3 is 9.47 Å². The molecule has 4 heteroatoms. The van der Waals surface area contributed by atoms with Crippen molar-refractivity contribution in [2.75, 3.05) is 26.4 Å². The molecule has 0 aromatic rings. The number of hydrogen-bond donors (Lipinski definition) is 0. The molecule has 0 radical (unpaired) electrons. The summed E-state index contributed by atoms with van der Waals surface area (Å²) in [6.45, 7) is 0.867. The molecule has 2 aliphatic rings. The summed E-state index contributed by atoms with van der Waals surface area (Å²) in [4.78, 5) is 0. The first kappa shape index (κ1) is 20.8. The number of ether oxygens (including phenoxy) is 2. The van der Waals surface area contributed by atoms with Gasteiger partial charge in [-0.3, -0.25) is 0 Å². The first-order chi connectivity index (χ1) is 13.8. The monoisotopic (exact) mass is 368 g/mol. The Kier molecular flexibility index (Phi) is 9.46. The lowest BCUT2D eigenvalue weighted by molar-refractivity contribution is 0.194. The summed E-state index contributed by atoms with van der Waals surface area (Å²) in [5.74, 6) is 11.2. The number of rotatable bonds is 8. The second kappa shape index (κ2) is 12.8. The first-order valence-electron chi connectivity index (χ1n) is 8.84. The van der Waals surface area contributed by atoms with E-state index in [9.17, 15) is 0 Å². The Morgan fingerprint density at radius 1 is 0.714 bits per heavy atom. The molecule has 0 bridgehead atoms. The lowest BCUT2D eigenvalue weighted by Crippen LogP contribution is -1.99. The Morgan fingerprint density at radius 3 is 1.46 bits per heavy atom. The molecule has 0 unspecified atom stereocenters. The highest BCUT2D eigenvalue weighted by Crippen LogP contribution is 2.13. The highest BCUT2D eigenvalue weighted by atomic mass is 16.5. The minimum atomic E-state index is 0.165. The summed E-state index contributed by atoms with van der Waals surface area (Å²) in [6, 6.07) is 4.26. The Morgan fingerprint density at radius 2 is 1.11 bits per heavy atom. The Bertz CT molecular complexity index is 824. The van der Waals surface area contributed by atoms with E-state index in [1.54, 1.807) is 0 Å². The molecule has 2 rings (SSSR count). The van der Waals surface area contributed by atoms with Gasteiger partial charge in [0.25, 0.3) is 0 Å². The predicted octanol–water partition coefficient (Wildman–Crippen LogP) is 3.41. The Labute approximate surface area is 166 Å². The standard InChI is InChI=1S/C24H20N2O2/c25-17-23(15-21-9-3-4-10-21)19-27-13-7-1-2-8-14-28-20-24(18-26)16-22-11-5-6-12-22/h3-6,9-12,15-16,21-22H,13-14,19-20H2/b23-15+,24-16+. The fourth-order valence-electron chi connectivity index (χ4n) is 2.40. The van der Waals surface area contributed by atoms with Crippen molar-refractivity contribution < 1.29 is 9.47 Å². The molecule has 4 nitrogen and oxygen atoms in total. The molecular formula is C24H20N2O2. The molecule has 0 fully saturated rings. The molecule has 0 aromatic heterocycles. The smallest absolute Gasteiger partial charge is 0.109 e. The minimum Gasteiger partial charge on any atom is -0.363 e. The molecule has 28 heavy (non-hydrogen) atoms. The van der Waals surface area contributed by atoms with E-state index in [0.717, 1.165) is 0 Å². The van der Waals surface area contributed by atoms with Crippen molar-refractivity contribution >= 4 is 0 Å². The summed E-state index contributed by atoms with van der Waals surface area (Å²) in [5.41, 5.74) is 1.15. The third-order valence-electron chi connectivity index (χ3n) is 3.73. The average molecular weight is 368 g/mol. The maximum Gasteiger partial charge on any atom is 0.109 e. The molecule has 0 heterocycles. The fourth-order valence-corrected chi connectivity index (χ4v) is 2.40. The lowest BCUT2D eigenvalue weighted by atomic mass is 10.1. The number of hydrogen-bond acceptors (Lipinski definition) is 4. The third-order valence-corrected chi connectivity index (χ3v) is 3.73. The molecule has 0 amide bonds. The second-order valence-corrected chi connectivity index (χ2v) is 5.89. The van der Waals surface area contributed by atoms with Crippen molar-refractivity contribution in [1.82, 2.24) is 0 Å². The van der Waals surface area contributed by atoms with Crippen molar-refractivity contribution in [1.29, 1.82) is 10.5 Å². The summed E-state index contributed by atoms with van der Waals surface area (Å²) in [7, 11) is 0. The van der Waals surface area contributed by atoms with Gasteiger partial charge in [0, 0.05) is 11.8 Å². The number of nitriles is 2. The third kappa shape index (κ3) is 8.23. The van der Waals surface area contributed by atoms with E-state index in [1.165, 1.54) is 0 Å². The fraction of sp³-hybridized carbons (Fsp3) is 0.250. The SMILES string of the molecule is N#C/C(=C\C1C=CC=C1)COCC#CC#CCOC/C(C#N)=C/C1C=CC=C1. The molecule has 0 aliphatic heterocycles. The summed E-state index contributed by atoms with van der Waals surface area (Å²) in [6.07, 6.45) is 19.6. The molecule has 0 spiro atoms. The van der Waals surface area contributed by atoms with Crippen LogP contribution in [0.15, 0.2) is 71.9 Å². The average Bonchev–Trinajstić information content (AvgIpc) is 3.41. The van der Waals surface area contributed by atoms with Gasteiger partial charge in [-0.05, 0) is 11.8 Å². The normalized spacial score (nSPS) is 15.6. The molecular weight excluding hydrogens is 348 g/mol. The molecule has 0 saturated carbocycles. The molecule has 0 N–H and O–H groups in total. The van der Waals surface area contributed by atoms with Gasteiger partial charge in [-0.25, -0.2) is 0 Å². The molecule has 2 aliphatic carbocycles. The van der Waals surface area contributed by atoms with Gasteiger partial charge in [0.05, 0.1) is 36.5 Å². The maximum absolute atomic E-state index is 9.10. The van der Waals surface area contributed by atoms with E-state index in [-0.39, 0.29) is 38.3 Å². The van der Waals surface area contributed by atoms with Gasteiger partial charge in [0.2, 0.25) is 0 Å². The maximum atomic E-state index is 9.10. The van der Waals surface area contributed by atoms with Crippen LogP contribution in [-0.2, 0) is 9.47 Å². The van der Waals surface area contributed by atoms with E-state index in [0.29, 0.717) is 11.1 Å². The van der Waals surface area contributed by atoms with Crippen LogP contribution >= 0.6 is 0 Å². The number of allylic oxidation sites excluding steroid dienone is 10. The van der Waals surface area contributed by atoms with Crippen LogP contribution in [0, 0.1) is 58.2 Å². The molecule has 0 aromatic carbocycles. The largest absolute Gasteiger partial charge is 0.363 e. The second-order valence-electron chi connectivity index (χ2n) is 5.89. The summed E-state index contributed by atoms with van der Waals surface area (Å²) in [5, 5.41) is 18.2. The van der Waals surface area contributed by atoms with Crippen LogP contribution in [0.3, 0.4) is 0 Å². The molecule has 138 valence electrons. The zero-order valence-electron chi connectivity index (χ0n) is 15.5. The molecule has 0 saturated heterocycles. The zero-order valence-corrected chi connectivity index (χ0v) is 15.5. The Balaban J connectivity index is 1.61. The highest BCUT2D eigenvalue weighted by Gasteiger charge is 2.03. The van der Waals surface area contributed by atoms with Crippen LogP contribution < -0.4 is 0 Å². The first-order valence-corrected chi connectivity index (χ1v) is 8.84. The summed E-state index contributed by atoms with van der Waals surface area (Å²) < 4.78 is 10.7. The van der Waals surface area contributed by atoms with Crippen molar-refractivity contribution in [3.63, 3.8) is 0 Å². The van der Waals surface area contributed by atoms with Crippen LogP contribution in [0.1, 0.15) is 0 Å². The van der Waals surface area contributed by atoms with E-state index in [1.807, 2.05) is 60.8 Å². The molecule has 0 atom stereocenters. The lowest BCUT2D eigenvalue weighted by Gasteiger charge is -2.01. The van der Waals surface area contributed by atoms with Crippen molar-refractivity contribution in [3.8, 4) is 35.8 Å². The van der Waals surface area contributed by atoms with Crippen molar-refractivity contribution in [2.45, 2.75) is 0 Å². The zero-order chi connectivity index (χ0) is 19.9. The number of nitrogens with zero attached hydrogens (tertiary/aromatic N) is 2. The topological polar surface area (TPSA) is 66.0 Å². The quantitative estimate of drug-likeness (QED) is 0.374. The summed E-state index contributed by atoms with van der Waals surface area (Å²) >= 11 is 0. The van der Waals surface area contributed by atoms with Crippen LogP contribution in [0.4, 0.5) is 0 Å². The van der Waals surface area contributed by atoms with Gasteiger partial charge in [-0.2, -0.15) is 10.5 Å². The van der Waals surface area contributed by atoms with Gasteiger partial charge in [-0.1, -0.05) is 72.6 Å². The van der Waals surface area contributed by atoms with Gasteiger partial charge in [0.15, 0.2) is 0 Å². The van der Waals surface area contributed by atoms with Gasteiger partial charge in [-0.15, -0.1) is 0 Å². The van der Waals surface area contributed by atoms with Crippen LogP contribution in [0.2, 0.25) is 0 Å². The van der Waals surface area contributed by atoms with Crippen LogP contribution in [0.25, 0.3) is 0 Å². The minimum absolute atomic E-state index is 0.165. The van der Waals surface area contributed by atoms with Crippen LogP contribution in [-0.4, -0.2) is 26.4 Å². The van der Waals surface area contributed by atoms with Crippen molar-refractivity contribution in [2.24, 2.45) is 11.8 Å². The van der Waals surface area contributed by atoms with Gasteiger partial charge >= 0.3 is 0 Å². The van der Waals surface area contributed by atoms with Crippen molar-refractivity contribution in [3.05, 3.63) is 71.9 Å². The van der Waals surface area contributed by atoms with Gasteiger partial charge in [0.1, 0.15) is 13.2 Å². The van der Waals surface area contributed by atoms with E-state index < -0.39 is 0 Å².